The Balaban J connectivity index is 1.55. The van der Waals surface area contributed by atoms with Gasteiger partial charge in [0.2, 0.25) is 5.91 Å². The third-order valence-electron chi connectivity index (χ3n) is 5.56. The van der Waals surface area contributed by atoms with Gasteiger partial charge in [0.05, 0.1) is 24.3 Å². The topological polar surface area (TPSA) is 68.8 Å². The highest BCUT2D eigenvalue weighted by Gasteiger charge is 2.30. The van der Waals surface area contributed by atoms with Crippen LogP contribution < -0.4 is 10.2 Å². The Labute approximate surface area is 181 Å². The first-order valence-electron chi connectivity index (χ1n) is 10.1. The number of hydrogen-bond acceptors (Lipinski definition) is 5. The lowest BCUT2D eigenvalue weighted by Gasteiger charge is -2.30. The van der Waals surface area contributed by atoms with Crippen LogP contribution in [0.25, 0.3) is 0 Å². The summed E-state index contributed by atoms with van der Waals surface area (Å²) in [6.07, 6.45) is 2.61. The number of likely N-dealkylation sites (tertiary alicyclic amines) is 1. The largest absolute Gasteiger partial charge is 0.359 e. The number of amides is 2. The maximum atomic E-state index is 13.1. The normalized spacial score (nSPS) is 18.5. The molecule has 0 radical (unpaired) electrons. The van der Waals surface area contributed by atoms with Crippen LogP contribution in [0.5, 0.6) is 0 Å². The molecule has 1 N–H and O–H groups in total. The van der Waals surface area contributed by atoms with Gasteiger partial charge in [-0.05, 0) is 50.2 Å². The summed E-state index contributed by atoms with van der Waals surface area (Å²) in [6.45, 7) is 3.05. The van der Waals surface area contributed by atoms with Crippen molar-refractivity contribution in [2.45, 2.75) is 13.0 Å². The van der Waals surface area contributed by atoms with Gasteiger partial charge in [-0.3, -0.25) is 9.59 Å². The molecule has 8 heteroatoms. The molecule has 7 nitrogen and oxygen atoms in total. The van der Waals surface area contributed by atoms with Gasteiger partial charge >= 0.3 is 0 Å². The smallest absolute Gasteiger partial charge is 0.255 e. The van der Waals surface area contributed by atoms with E-state index >= 15 is 0 Å². The number of anilines is 2. The van der Waals surface area contributed by atoms with Crippen LogP contribution >= 0.6 is 11.6 Å². The van der Waals surface area contributed by atoms with Crippen LogP contribution in [-0.2, 0) is 11.3 Å². The molecule has 30 heavy (non-hydrogen) atoms. The van der Waals surface area contributed by atoms with Crippen molar-refractivity contribution in [3.05, 3.63) is 52.7 Å². The number of nitrogens with zero attached hydrogens (tertiary/aromatic N) is 4. The van der Waals surface area contributed by atoms with E-state index in [-0.39, 0.29) is 18.4 Å². The lowest BCUT2D eigenvalue weighted by molar-refractivity contribution is -0.117. The fourth-order valence-corrected chi connectivity index (χ4v) is 4.24. The Morgan fingerprint density at radius 2 is 2.07 bits per heavy atom. The van der Waals surface area contributed by atoms with Gasteiger partial charge in [-0.2, -0.15) is 0 Å². The first-order chi connectivity index (χ1) is 14.4. The Morgan fingerprint density at radius 1 is 1.30 bits per heavy atom. The Morgan fingerprint density at radius 3 is 2.80 bits per heavy atom. The molecule has 3 heterocycles. The van der Waals surface area contributed by atoms with Gasteiger partial charge in [0, 0.05) is 30.9 Å². The maximum Gasteiger partial charge on any atom is 0.255 e. The molecule has 1 aromatic heterocycles. The fourth-order valence-electron chi connectivity index (χ4n) is 4.11. The van der Waals surface area contributed by atoms with Crippen LogP contribution in [0.15, 0.2) is 36.5 Å². The molecule has 2 amide bonds. The van der Waals surface area contributed by atoms with Crippen molar-refractivity contribution in [2.75, 3.05) is 50.5 Å². The zero-order chi connectivity index (χ0) is 21.3. The molecule has 0 bridgehead atoms. The Kier molecular flexibility index (Phi) is 5.92. The zero-order valence-electron chi connectivity index (χ0n) is 17.3. The Hall–Kier alpha value is -2.64. The van der Waals surface area contributed by atoms with Gasteiger partial charge < -0.3 is 20.0 Å². The van der Waals surface area contributed by atoms with Gasteiger partial charge in [0.15, 0.2) is 5.82 Å². The molecule has 1 aromatic carbocycles. The van der Waals surface area contributed by atoms with E-state index in [1.54, 1.807) is 29.3 Å². The van der Waals surface area contributed by atoms with E-state index in [0.29, 0.717) is 34.6 Å². The van der Waals surface area contributed by atoms with Crippen molar-refractivity contribution >= 4 is 34.9 Å². The summed E-state index contributed by atoms with van der Waals surface area (Å²) in [6, 6.07) is 9.19. The first-order valence-corrected chi connectivity index (χ1v) is 10.5. The minimum atomic E-state index is -0.0592. The highest BCUT2D eigenvalue weighted by molar-refractivity contribution is 6.30. The second kappa shape index (κ2) is 8.62. The monoisotopic (exact) mass is 427 g/mol. The number of rotatable bonds is 5. The van der Waals surface area contributed by atoms with E-state index in [9.17, 15) is 9.59 Å². The predicted octanol–water partition coefficient (Wildman–Crippen LogP) is 2.72. The standard InChI is InChI=1S/C22H26ClN5O2/c1-26(2)12-16-7-8-27(13-16)22(30)17-9-19-21(24-10-17)25-11-20(29)28(19)14-15-3-5-18(23)6-4-15/h3-6,9-10,16H,7-8,11-14H2,1-2H3,(H,24,25). The number of hydrogen-bond donors (Lipinski definition) is 1. The summed E-state index contributed by atoms with van der Waals surface area (Å²) in [5.74, 6) is 1.01. The molecule has 4 rings (SSSR count). The Bertz CT molecular complexity index is 947. The molecule has 0 saturated carbocycles. The third kappa shape index (κ3) is 4.42. The molecule has 1 fully saturated rings. The maximum absolute atomic E-state index is 13.1. The van der Waals surface area contributed by atoms with E-state index in [0.717, 1.165) is 31.6 Å². The first kappa shape index (κ1) is 20.6. The molecule has 2 aliphatic heterocycles. The van der Waals surface area contributed by atoms with E-state index in [1.807, 2.05) is 17.0 Å². The minimum Gasteiger partial charge on any atom is -0.359 e. The molecule has 0 spiro atoms. The molecule has 0 aliphatic carbocycles. The lowest BCUT2D eigenvalue weighted by Crippen LogP contribution is -2.40. The predicted molar refractivity (Wildman–Crippen MR) is 118 cm³/mol. The zero-order valence-corrected chi connectivity index (χ0v) is 18.0. The van der Waals surface area contributed by atoms with Crippen LogP contribution in [0, 0.1) is 5.92 Å². The number of halogens is 1. The quantitative estimate of drug-likeness (QED) is 0.794. The number of fused-ring (bicyclic) bond motifs is 1. The van der Waals surface area contributed by atoms with E-state index in [2.05, 4.69) is 29.3 Å². The van der Waals surface area contributed by atoms with E-state index in [1.165, 1.54) is 0 Å². The van der Waals surface area contributed by atoms with Crippen molar-refractivity contribution in [3.63, 3.8) is 0 Å². The van der Waals surface area contributed by atoms with Gasteiger partial charge in [0.1, 0.15) is 0 Å². The highest BCUT2D eigenvalue weighted by atomic mass is 35.5. The highest BCUT2D eigenvalue weighted by Crippen LogP contribution is 2.31. The number of nitrogens with one attached hydrogen (secondary N) is 1. The van der Waals surface area contributed by atoms with E-state index in [4.69, 9.17) is 11.6 Å². The molecule has 2 aliphatic rings. The van der Waals surface area contributed by atoms with Gasteiger partial charge in [-0.15, -0.1) is 0 Å². The second-order valence-electron chi connectivity index (χ2n) is 8.22. The summed E-state index contributed by atoms with van der Waals surface area (Å²) in [7, 11) is 4.11. The number of carbonyl (C=O) groups excluding carboxylic acids is 2. The molecule has 1 unspecified atom stereocenters. The summed E-state index contributed by atoms with van der Waals surface area (Å²) in [5.41, 5.74) is 2.11. The van der Waals surface area contributed by atoms with Crippen molar-refractivity contribution in [1.82, 2.24) is 14.8 Å². The molecular weight excluding hydrogens is 402 g/mol. The van der Waals surface area contributed by atoms with Crippen molar-refractivity contribution < 1.29 is 9.59 Å². The molecule has 2 aromatic rings. The van der Waals surface area contributed by atoms with Crippen LogP contribution in [0.4, 0.5) is 11.5 Å². The van der Waals surface area contributed by atoms with Crippen LogP contribution in [0.1, 0.15) is 22.3 Å². The molecule has 1 saturated heterocycles. The second-order valence-corrected chi connectivity index (χ2v) is 8.66. The number of aromatic nitrogens is 1. The van der Waals surface area contributed by atoms with Crippen molar-refractivity contribution in [3.8, 4) is 0 Å². The average Bonchev–Trinajstić information content (AvgIpc) is 3.18. The van der Waals surface area contributed by atoms with Gasteiger partial charge in [0.25, 0.3) is 5.91 Å². The van der Waals surface area contributed by atoms with E-state index < -0.39 is 0 Å². The molecule has 158 valence electrons. The fraction of sp³-hybridized carbons (Fsp3) is 0.409. The number of benzene rings is 1. The number of carbonyl (C=O) groups is 2. The summed E-state index contributed by atoms with van der Waals surface area (Å²) in [4.78, 5) is 35.9. The van der Waals surface area contributed by atoms with Crippen molar-refractivity contribution in [2.24, 2.45) is 5.92 Å². The minimum absolute atomic E-state index is 0.0315. The third-order valence-corrected chi connectivity index (χ3v) is 5.82. The van der Waals surface area contributed by atoms with Gasteiger partial charge in [-0.25, -0.2) is 4.98 Å². The molecular formula is C22H26ClN5O2. The SMILES string of the molecule is CN(C)CC1CCN(C(=O)c2cnc3c(c2)N(Cc2ccc(Cl)cc2)C(=O)CN3)C1. The summed E-state index contributed by atoms with van der Waals surface area (Å²) in [5, 5.41) is 3.70. The molecule has 1 atom stereocenters. The summed E-state index contributed by atoms with van der Waals surface area (Å²) >= 11 is 5.97. The number of pyridine rings is 1. The van der Waals surface area contributed by atoms with Crippen LogP contribution in [0.2, 0.25) is 5.02 Å². The van der Waals surface area contributed by atoms with Crippen molar-refractivity contribution in [1.29, 1.82) is 0 Å². The van der Waals surface area contributed by atoms with Crippen LogP contribution in [-0.4, -0.2) is 66.9 Å². The average molecular weight is 428 g/mol. The van der Waals surface area contributed by atoms with Crippen LogP contribution in [0.3, 0.4) is 0 Å². The lowest BCUT2D eigenvalue weighted by atomic mass is 10.1. The summed E-state index contributed by atoms with van der Waals surface area (Å²) < 4.78 is 0. The van der Waals surface area contributed by atoms with Gasteiger partial charge in [-0.1, -0.05) is 23.7 Å².